The maximum atomic E-state index is 10.4. The predicted molar refractivity (Wildman–Crippen MR) is 55.4 cm³/mol. The molecular formula is C11H14O4. The molecule has 4 heteroatoms. The van der Waals surface area contributed by atoms with Gasteiger partial charge in [0.2, 0.25) is 0 Å². The van der Waals surface area contributed by atoms with Gasteiger partial charge in [0.05, 0.1) is 7.11 Å². The predicted octanol–water partition coefficient (Wildman–Crippen LogP) is 1.73. The molecule has 2 N–H and O–H groups in total. The van der Waals surface area contributed by atoms with Crippen LogP contribution in [0.2, 0.25) is 0 Å². The van der Waals surface area contributed by atoms with Crippen LogP contribution >= 0.6 is 0 Å². The maximum absolute atomic E-state index is 10.4. The van der Waals surface area contributed by atoms with Crippen molar-refractivity contribution in [3.8, 4) is 11.5 Å². The number of rotatable bonds is 4. The molecule has 0 amide bonds. The van der Waals surface area contributed by atoms with E-state index in [-0.39, 0.29) is 12.2 Å². The lowest BCUT2D eigenvalue weighted by atomic mass is 10.1. The molecular weight excluding hydrogens is 196 g/mol. The van der Waals surface area contributed by atoms with E-state index in [1.54, 1.807) is 19.1 Å². The summed E-state index contributed by atoms with van der Waals surface area (Å²) in [7, 11) is 1.47. The summed E-state index contributed by atoms with van der Waals surface area (Å²) in [5, 5.41) is 18.1. The second-order valence-corrected chi connectivity index (χ2v) is 3.36. The van der Waals surface area contributed by atoms with E-state index in [9.17, 15) is 9.90 Å². The number of ether oxygens (including phenoxy) is 1. The van der Waals surface area contributed by atoms with Gasteiger partial charge in [0.25, 0.3) is 0 Å². The van der Waals surface area contributed by atoms with Crippen LogP contribution in [0, 0.1) is 6.92 Å². The largest absolute Gasteiger partial charge is 0.504 e. The van der Waals surface area contributed by atoms with E-state index in [1.165, 1.54) is 7.11 Å². The lowest BCUT2D eigenvalue weighted by molar-refractivity contribution is -0.136. The maximum Gasteiger partial charge on any atom is 0.303 e. The fourth-order valence-corrected chi connectivity index (χ4v) is 1.37. The fourth-order valence-electron chi connectivity index (χ4n) is 1.37. The van der Waals surface area contributed by atoms with Gasteiger partial charge in [-0.2, -0.15) is 0 Å². The minimum absolute atomic E-state index is 0.0768. The third-order valence-electron chi connectivity index (χ3n) is 2.17. The SMILES string of the molecule is COc1cc(CCC(=O)O)cc(C)c1O. The van der Waals surface area contributed by atoms with Crippen molar-refractivity contribution in [2.45, 2.75) is 19.8 Å². The molecule has 0 spiro atoms. The number of hydrogen-bond donors (Lipinski definition) is 2. The highest BCUT2D eigenvalue weighted by atomic mass is 16.5. The molecule has 82 valence electrons. The molecule has 0 aromatic heterocycles. The average Bonchev–Trinajstić information content (AvgIpc) is 2.19. The molecule has 1 aromatic rings. The molecule has 0 heterocycles. The Bertz CT molecular complexity index is 371. The van der Waals surface area contributed by atoms with E-state index >= 15 is 0 Å². The van der Waals surface area contributed by atoms with Gasteiger partial charge in [0.1, 0.15) is 0 Å². The molecule has 0 radical (unpaired) electrons. The zero-order chi connectivity index (χ0) is 11.4. The number of phenols is 1. The summed E-state index contributed by atoms with van der Waals surface area (Å²) in [6.45, 7) is 1.75. The van der Waals surface area contributed by atoms with E-state index in [0.717, 1.165) is 5.56 Å². The molecule has 0 atom stereocenters. The number of phenolic OH excluding ortho intramolecular Hbond substituents is 1. The zero-order valence-electron chi connectivity index (χ0n) is 8.78. The average molecular weight is 210 g/mol. The Labute approximate surface area is 88.1 Å². The first-order valence-electron chi connectivity index (χ1n) is 4.63. The molecule has 15 heavy (non-hydrogen) atoms. The highest BCUT2D eigenvalue weighted by Crippen LogP contribution is 2.31. The van der Waals surface area contributed by atoms with E-state index in [2.05, 4.69) is 0 Å². The van der Waals surface area contributed by atoms with Gasteiger partial charge in [-0.3, -0.25) is 4.79 Å². The molecule has 0 fully saturated rings. The zero-order valence-corrected chi connectivity index (χ0v) is 8.78. The van der Waals surface area contributed by atoms with Crippen molar-refractivity contribution >= 4 is 5.97 Å². The number of carboxylic acids is 1. The summed E-state index contributed by atoms with van der Waals surface area (Å²) < 4.78 is 4.98. The molecule has 0 saturated carbocycles. The minimum Gasteiger partial charge on any atom is -0.504 e. The van der Waals surface area contributed by atoms with Gasteiger partial charge in [-0.05, 0) is 30.5 Å². The lowest BCUT2D eigenvalue weighted by Crippen LogP contribution is -1.98. The van der Waals surface area contributed by atoms with Crippen LogP contribution < -0.4 is 4.74 Å². The third kappa shape index (κ3) is 2.87. The Morgan fingerprint density at radius 2 is 2.13 bits per heavy atom. The van der Waals surface area contributed by atoms with Crippen LogP contribution in [-0.2, 0) is 11.2 Å². The number of carboxylic acid groups (broad SMARTS) is 1. The van der Waals surface area contributed by atoms with E-state index in [4.69, 9.17) is 9.84 Å². The first-order chi connectivity index (χ1) is 7.04. The van der Waals surface area contributed by atoms with Crippen molar-refractivity contribution < 1.29 is 19.7 Å². The summed E-state index contributed by atoms with van der Waals surface area (Å²) in [5.41, 5.74) is 1.54. The first-order valence-corrected chi connectivity index (χ1v) is 4.63. The standard InChI is InChI=1S/C11H14O4/c1-7-5-8(3-4-10(12)13)6-9(15-2)11(7)14/h5-6,14H,3-4H2,1-2H3,(H,12,13). The molecule has 4 nitrogen and oxygen atoms in total. The first kappa shape index (κ1) is 11.4. The molecule has 0 saturated heterocycles. The molecule has 0 bridgehead atoms. The van der Waals surface area contributed by atoms with Crippen molar-refractivity contribution in [2.24, 2.45) is 0 Å². The number of aromatic hydroxyl groups is 1. The second-order valence-electron chi connectivity index (χ2n) is 3.36. The molecule has 0 aliphatic rings. The van der Waals surface area contributed by atoms with Gasteiger partial charge in [-0.25, -0.2) is 0 Å². The molecule has 0 unspecified atom stereocenters. The molecule has 1 rings (SSSR count). The Kier molecular flexibility index (Phi) is 3.55. The van der Waals surface area contributed by atoms with E-state index < -0.39 is 5.97 Å². The number of benzene rings is 1. The number of aryl methyl sites for hydroxylation is 2. The summed E-state index contributed by atoms with van der Waals surface area (Å²) >= 11 is 0. The Morgan fingerprint density at radius 1 is 1.47 bits per heavy atom. The number of carbonyl (C=O) groups is 1. The molecule has 0 aliphatic carbocycles. The van der Waals surface area contributed by atoms with Gasteiger partial charge in [0, 0.05) is 6.42 Å². The summed E-state index contributed by atoms with van der Waals surface area (Å²) in [4.78, 5) is 10.4. The Hall–Kier alpha value is -1.71. The number of methoxy groups -OCH3 is 1. The summed E-state index contributed by atoms with van der Waals surface area (Å²) in [6.07, 6.45) is 0.514. The van der Waals surface area contributed by atoms with Gasteiger partial charge in [-0.1, -0.05) is 6.07 Å². The van der Waals surface area contributed by atoms with Crippen molar-refractivity contribution in [2.75, 3.05) is 7.11 Å². The summed E-state index contributed by atoms with van der Waals surface area (Å²) in [5.74, 6) is -0.341. The molecule has 1 aromatic carbocycles. The highest BCUT2D eigenvalue weighted by Gasteiger charge is 2.08. The van der Waals surface area contributed by atoms with Crippen LogP contribution in [0.15, 0.2) is 12.1 Å². The van der Waals surface area contributed by atoms with Crippen molar-refractivity contribution in [3.63, 3.8) is 0 Å². The van der Waals surface area contributed by atoms with Crippen LogP contribution in [0.25, 0.3) is 0 Å². The fraction of sp³-hybridized carbons (Fsp3) is 0.364. The lowest BCUT2D eigenvalue weighted by Gasteiger charge is -2.08. The second kappa shape index (κ2) is 4.68. The van der Waals surface area contributed by atoms with Gasteiger partial charge in [-0.15, -0.1) is 0 Å². The topological polar surface area (TPSA) is 66.8 Å². The number of hydrogen-bond acceptors (Lipinski definition) is 3. The molecule has 0 aliphatic heterocycles. The highest BCUT2D eigenvalue weighted by molar-refractivity contribution is 5.67. The van der Waals surface area contributed by atoms with Gasteiger partial charge < -0.3 is 14.9 Å². The Balaban J connectivity index is 2.90. The van der Waals surface area contributed by atoms with E-state index in [0.29, 0.717) is 17.7 Å². The quantitative estimate of drug-likeness (QED) is 0.794. The summed E-state index contributed by atoms with van der Waals surface area (Å²) in [6, 6.07) is 3.42. The van der Waals surface area contributed by atoms with Crippen LogP contribution in [0.4, 0.5) is 0 Å². The Morgan fingerprint density at radius 3 is 2.67 bits per heavy atom. The smallest absolute Gasteiger partial charge is 0.303 e. The van der Waals surface area contributed by atoms with Crippen LogP contribution in [-0.4, -0.2) is 23.3 Å². The van der Waals surface area contributed by atoms with Crippen molar-refractivity contribution in [1.29, 1.82) is 0 Å². The van der Waals surface area contributed by atoms with Crippen molar-refractivity contribution in [1.82, 2.24) is 0 Å². The van der Waals surface area contributed by atoms with E-state index in [1.807, 2.05) is 0 Å². The van der Waals surface area contributed by atoms with Crippen LogP contribution in [0.3, 0.4) is 0 Å². The van der Waals surface area contributed by atoms with Crippen molar-refractivity contribution in [3.05, 3.63) is 23.3 Å². The number of aliphatic carboxylic acids is 1. The normalized spacial score (nSPS) is 10.0. The van der Waals surface area contributed by atoms with Crippen LogP contribution in [0.1, 0.15) is 17.5 Å². The van der Waals surface area contributed by atoms with Gasteiger partial charge >= 0.3 is 5.97 Å². The van der Waals surface area contributed by atoms with Crippen LogP contribution in [0.5, 0.6) is 11.5 Å². The third-order valence-corrected chi connectivity index (χ3v) is 2.17. The monoisotopic (exact) mass is 210 g/mol. The minimum atomic E-state index is -0.834. The van der Waals surface area contributed by atoms with Gasteiger partial charge in [0.15, 0.2) is 11.5 Å².